The zero-order chi connectivity index (χ0) is 13.5. The van der Waals surface area contributed by atoms with Gasteiger partial charge >= 0.3 is 0 Å². The first kappa shape index (κ1) is 12.5. The normalized spacial score (nSPS) is 24.9. The van der Waals surface area contributed by atoms with Crippen molar-refractivity contribution in [1.82, 2.24) is 10.3 Å². The van der Waals surface area contributed by atoms with Gasteiger partial charge in [0.15, 0.2) is 0 Å². The Kier molecular flexibility index (Phi) is 3.10. The van der Waals surface area contributed by atoms with Gasteiger partial charge in [-0.2, -0.15) is 0 Å². The molecule has 4 rings (SSSR count). The number of aliphatic hydroxyl groups excluding tert-OH is 1. The van der Waals surface area contributed by atoms with Crippen molar-refractivity contribution in [2.24, 2.45) is 0 Å². The molecule has 0 aliphatic heterocycles. The van der Waals surface area contributed by atoms with Gasteiger partial charge in [0.25, 0.3) is 0 Å². The molecule has 1 aromatic carbocycles. The van der Waals surface area contributed by atoms with Crippen molar-refractivity contribution < 1.29 is 5.11 Å². The number of aliphatic hydroxyl groups is 1. The zero-order valence-corrected chi connectivity index (χ0v) is 12.1. The van der Waals surface area contributed by atoms with Gasteiger partial charge in [-0.05, 0) is 30.4 Å². The molecule has 1 saturated carbocycles. The van der Waals surface area contributed by atoms with Gasteiger partial charge in [-0.1, -0.05) is 24.3 Å². The fourth-order valence-electron chi connectivity index (χ4n) is 2.91. The molecule has 2 aliphatic rings. The summed E-state index contributed by atoms with van der Waals surface area (Å²) in [6, 6.07) is 8.30. The van der Waals surface area contributed by atoms with Crippen LogP contribution in [0.3, 0.4) is 0 Å². The van der Waals surface area contributed by atoms with Crippen LogP contribution in [0, 0.1) is 0 Å². The summed E-state index contributed by atoms with van der Waals surface area (Å²) in [5.74, 6) is 0.732. The largest absolute Gasteiger partial charge is 0.387 e. The van der Waals surface area contributed by atoms with Crippen molar-refractivity contribution in [2.45, 2.75) is 43.9 Å². The SMILES string of the molecule is O[C@H]1c2ccccc2C[C@@H]1NCc1cnc(C2CC2)s1. The Labute approximate surface area is 122 Å². The highest BCUT2D eigenvalue weighted by Crippen LogP contribution is 2.41. The molecule has 0 unspecified atom stereocenters. The topological polar surface area (TPSA) is 45.1 Å². The van der Waals surface area contributed by atoms with Gasteiger partial charge in [0.2, 0.25) is 0 Å². The maximum Gasteiger partial charge on any atom is 0.0959 e. The second kappa shape index (κ2) is 4.95. The number of thiazole rings is 1. The lowest BCUT2D eigenvalue weighted by Gasteiger charge is -2.16. The second-order valence-electron chi connectivity index (χ2n) is 5.77. The van der Waals surface area contributed by atoms with Crippen molar-refractivity contribution >= 4 is 11.3 Å². The third-order valence-electron chi connectivity index (χ3n) is 4.23. The van der Waals surface area contributed by atoms with Gasteiger partial charge < -0.3 is 10.4 Å². The second-order valence-corrected chi connectivity index (χ2v) is 6.92. The number of fused-ring (bicyclic) bond motifs is 1. The predicted octanol–water partition coefficient (Wildman–Crippen LogP) is 2.77. The number of hydrogen-bond donors (Lipinski definition) is 2. The Bertz CT molecular complexity index is 620. The van der Waals surface area contributed by atoms with E-state index in [4.69, 9.17) is 0 Å². The molecular weight excluding hydrogens is 268 g/mol. The zero-order valence-electron chi connectivity index (χ0n) is 11.2. The standard InChI is InChI=1S/C16H18N2OS/c19-15-13-4-2-1-3-11(13)7-14(15)17-8-12-9-18-16(20-12)10-5-6-10/h1-4,9-10,14-15,17,19H,5-8H2/t14-,15-/m0/s1. The van der Waals surface area contributed by atoms with Crippen LogP contribution in [-0.4, -0.2) is 16.1 Å². The third kappa shape index (κ3) is 2.28. The number of hydrogen-bond acceptors (Lipinski definition) is 4. The summed E-state index contributed by atoms with van der Waals surface area (Å²) in [5.41, 5.74) is 2.34. The molecule has 1 aromatic heterocycles. The molecule has 0 saturated heterocycles. The van der Waals surface area contributed by atoms with E-state index in [1.165, 1.54) is 28.3 Å². The van der Waals surface area contributed by atoms with E-state index in [0.29, 0.717) is 0 Å². The summed E-state index contributed by atoms with van der Waals surface area (Å²) < 4.78 is 0. The van der Waals surface area contributed by atoms with Crippen LogP contribution in [0.2, 0.25) is 0 Å². The summed E-state index contributed by atoms with van der Waals surface area (Å²) in [7, 11) is 0. The monoisotopic (exact) mass is 286 g/mol. The third-order valence-corrected chi connectivity index (χ3v) is 5.39. The molecule has 104 valence electrons. The number of aromatic nitrogens is 1. The minimum absolute atomic E-state index is 0.124. The van der Waals surface area contributed by atoms with Gasteiger partial charge in [0.05, 0.1) is 11.1 Å². The summed E-state index contributed by atoms with van der Waals surface area (Å²) in [4.78, 5) is 5.77. The van der Waals surface area contributed by atoms with E-state index < -0.39 is 0 Å². The molecule has 0 amide bonds. The Morgan fingerprint density at radius 2 is 2.15 bits per heavy atom. The number of benzene rings is 1. The van der Waals surface area contributed by atoms with Crippen LogP contribution >= 0.6 is 11.3 Å². The first-order valence-electron chi connectivity index (χ1n) is 7.25. The molecule has 4 heteroatoms. The lowest BCUT2D eigenvalue weighted by molar-refractivity contribution is 0.141. The van der Waals surface area contributed by atoms with Crippen LogP contribution in [-0.2, 0) is 13.0 Å². The molecule has 2 aliphatic carbocycles. The fourth-order valence-corrected chi connectivity index (χ4v) is 3.95. The van der Waals surface area contributed by atoms with Crippen LogP contribution in [0.1, 0.15) is 45.9 Å². The van der Waals surface area contributed by atoms with Gasteiger partial charge in [0.1, 0.15) is 0 Å². The quantitative estimate of drug-likeness (QED) is 0.908. The molecule has 1 fully saturated rings. The Balaban J connectivity index is 1.40. The summed E-state index contributed by atoms with van der Waals surface area (Å²) in [6.07, 6.45) is 5.11. The van der Waals surface area contributed by atoms with E-state index >= 15 is 0 Å². The van der Waals surface area contributed by atoms with Crippen LogP contribution in [0.15, 0.2) is 30.5 Å². The summed E-state index contributed by atoms with van der Waals surface area (Å²) in [5, 5.41) is 15.1. The first-order chi connectivity index (χ1) is 9.81. The maximum absolute atomic E-state index is 10.3. The van der Waals surface area contributed by atoms with E-state index in [2.05, 4.69) is 16.4 Å². The number of rotatable bonds is 4. The van der Waals surface area contributed by atoms with E-state index in [1.54, 1.807) is 0 Å². The molecule has 2 aromatic rings. The van der Waals surface area contributed by atoms with Crippen LogP contribution in [0.5, 0.6) is 0 Å². The van der Waals surface area contributed by atoms with Crippen LogP contribution in [0.4, 0.5) is 0 Å². The van der Waals surface area contributed by atoms with E-state index in [0.717, 1.165) is 24.4 Å². The molecule has 0 spiro atoms. The first-order valence-corrected chi connectivity index (χ1v) is 8.07. The molecule has 2 N–H and O–H groups in total. The van der Waals surface area contributed by atoms with Gasteiger partial charge in [-0.25, -0.2) is 4.98 Å². The Hall–Kier alpha value is -1.23. The highest BCUT2D eigenvalue weighted by atomic mass is 32.1. The van der Waals surface area contributed by atoms with Crippen molar-refractivity contribution in [3.8, 4) is 0 Å². The van der Waals surface area contributed by atoms with Crippen molar-refractivity contribution in [3.63, 3.8) is 0 Å². The molecule has 2 atom stereocenters. The molecule has 0 bridgehead atoms. The molecule has 3 nitrogen and oxygen atoms in total. The summed E-state index contributed by atoms with van der Waals surface area (Å²) >= 11 is 1.82. The molecule has 0 radical (unpaired) electrons. The van der Waals surface area contributed by atoms with Crippen LogP contribution < -0.4 is 5.32 Å². The molecule has 20 heavy (non-hydrogen) atoms. The maximum atomic E-state index is 10.3. The average molecular weight is 286 g/mol. The van der Waals surface area contributed by atoms with Crippen LogP contribution in [0.25, 0.3) is 0 Å². The Morgan fingerprint density at radius 1 is 1.30 bits per heavy atom. The lowest BCUT2D eigenvalue weighted by atomic mass is 10.1. The minimum atomic E-state index is -0.387. The van der Waals surface area contributed by atoms with E-state index in [9.17, 15) is 5.11 Å². The fraction of sp³-hybridized carbons (Fsp3) is 0.438. The van der Waals surface area contributed by atoms with Crippen molar-refractivity contribution in [1.29, 1.82) is 0 Å². The van der Waals surface area contributed by atoms with E-state index in [-0.39, 0.29) is 12.1 Å². The summed E-state index contributed by atoms with van der Waals surface area (Å²) in [6.45, 7) is 0.806. The highest BCUT2D eigenvalue weighted by Gasteiger charge is 2.30. The Morgan fingerprint density at radius 3 is 2.95 bits per heavy atom. The lowest BCUT2D eigenvalue weighted by Crippen LogP contribution is -2.32. The average Bonchev–Trinajstić information content (AvgIpc) is 3.13. The van der Waals surface area contributed by atoms with Gasteiger partial charge in [0, 0.05) is 29.6 Å². The highest BCUT2D eigenvalue weighted by molar-refractivity contribution is 7.11. The van der Waals surface area contributed by atoms with Crippen molar-refractivity contribution in [3.05, 3.63) is 51.5 Å². The smallest absolute Gasteiger partial charge is 0.0959 e. The number of nitrogens with one attached hydrogen (secondary N) is 1. The molecule has 1 heterocycles. The molecular formula is C16H18N2OS. The van der Waals surface area contributed by atoms with E-state index in [1.807, 2.05) is 35.7 Å². The minimum Gasteiger partial charge on any atom is -0.387 e. The predicted molar refractivity (Wildman–Crippen MR) is 79.8 cm³/mol. The number of nitrogens with zero attached hydrogens (tertiary/aromatic N) is 1. The van der Waals surface area contributed by atoms with Gasteiger partial charge in [-0.3, -0.25) is 0 Å². The van der Waals surface area contributed by atoms with Crippen molar-refractivity contribution in [2.75, 3.05) is 0 Å². The van der Waals surface area contributed by atoms with Gasteiger partial charge in [-0.15, -0.1) is 11.3 Å².